The van der Waals surface area contributed by atoms with Crippen molar-refractivity contribution in [3.63, 3.8) is 0 Å². The van der Waals surface area contributed by atoms with Crippen LogP contribution in [0.3, 0.4) is 0 Å². The fourth-order valence-corrected chi connectivity index (χ4v) is 1.93. The standard InChI is InChI=1S/C13H12BrN3O2/c14-10-3-1-2-9(8-10)11-4-6-15-13(17-11)16-7-5-12(18)19/h1-4,6,8H,5,7H2,(H,18,19)(H,15,16,17). The van der Waals surface area contributed by atoms with Gasteiger partial charge >= 0.3 is 5.97 Å². The zero-order valence-electron chi connectivity index (χ0n) is 10.0. The third-order valence-electron chi connectivity index (χ3n) is 2.40. The van der Waals surface area contributed by atoms with Gasteiger partial charge in [0.25, 0.3) is 0 Å². The smallest absolute Gasteiger partial charge is 0.305 e. The molecule has 0 bridgehead atoms. The van der Waals surface area contributed by atoms with E-state index in [4.69, 9.17) is 5.11 Å². The third kappa shape index (κ3) is 4.03. The number of aromatic nitrogens is 2. The first-order chi connectivity index (χ1) is 9.15. The number of carboxylic acids is 1. The molecule has 5 nitrogen and oxygen atoms in total. The number of carbonyl (C=O) groups is 1. The van der Waals surface area contributed by atoms with E-state index in [1.807, 2.05) is 30.3 Å². The van der Waals surface area contributed by atoms with Crippen molar-refractivity contribution >= 4 is 27.8 Å². The van der Waals surface area contributed by atoms with Crippen LogP contribution in [0, 0.1) is 0 Å². The lowest BCUT2D eigenvalue weighted by Crippen LogP contribution is -2.09. The summed E-state index contributed by atoms with van der Waals surface area (Å²) in [6.07, 6.45) is 1.68. The summed E-state index contributed by atoms with van der Waals surface area (Å²) < 4.78 is 0.976. The van der Waals surface area contributed by atoms with E-state index in [0.29, 0.717) is 12.5 Å². The van der Waals surface area contributed by atoms with Gasteiger partial charge in [0.1, 0.15) is 0 Å². The molecule has 1 aromatic heterocycles. The van der Waals surface area contributed by atoms with Crippen molar-refractivity contribution in [2.24, 2.45) is 0 Å². The number of aliphatic carboxylic acids is 1. The first-order valence-corrected chi connectivity index (χ1v) is 6.49. The highest BCUT2D eigenvalue weighted by atomic mass is 79.9. The van der Waals surface area contributed by atoms with Gasteiger partial charge in [-0.15, -0.1) is 0 Å². The molecule has 0 saturated carbocycles. The Hall–Kier alpha value is -1.95. The maximum atomic E-state index is 10.4. The minimum absolute atomic E-state index is 0.0322. The van der Waals surface area contributed by atoms with Crippen LogP contribution in [-0.4, -0.2) is 27.6 Å². The number of benzene rings is 1. The number of hydrogen-bond acceptors (Lipinski definition) is 4. The van der Waals surface area contributed by atoms with Crippen molar-refractivity contribution in [2.75, 3.05) is 11.9 Å². The Morgan fingerprint density at radius 1 is 1.37 bits per heavy atom. The molecule has 0 radical (unpaired) electrons. The average Bonchev–Trinajstić information content (AvgIpc) is 2.39. The summed E-state index contributed by atoms with van der Waals surface area (Å²) in [6, 6.07) is 9.59. The molecular formula is C13H12BrN3O2. The van der Waals surface area contributed by atoms with Gasteiger partial charge in [-0.3, -0.25) is 4.79 Å². The summed E-state index contributed by atoms with van der Waals surface area (Å²) >= 11 is 3.41. The minimum atomic E-state index is -0.851. The molecular weight excluding hydrogens is 310 g/mol. The summed E-state index contributed by atoms with van der Waals surface area (Å²) in [5, 5.41) is 11.5. The first-order valence-electron chi connectivity index (χ1n) is 5.70. The number of anilines is 1. The van der Waals surface area contributed by atoms with E-state index in [2.05, 4.69) is 31.2 Å². The highest BCUT2D eigenvalue weighted by molar-refractivity contribution is 9.10. The molecule has 2 N–H and O–H groups in total. The molecule has 0 unspecified atom stereocenters. The lowest BCUT2D eigenvalue weighted by atomic mass is 10.1. The predicted molar refractivity (Wildman–Crippen MR) is 75.9 cm³/mol. The van der Waals surface area contributed by atoms with Gasteiger partial charge in [-0.05, 0) is 18.2 Å². The minimum Gasteiger partial charge on any atom is -0.481 e. The lowest BCUT2D eigenvalue weighted by Gasteiger charge is -2.05. The van der Waals surface area contributed by atoms with Crippen molar-refractivity contribution in [1.82, 2.24) is 9.97 Å². The quantitative estimate of drug-likeness (QED) is 0.885. The van der Waals surface area contributed by atoms with Crippen molar-refractivity contribution in [3.05, 3.63) is 41.0 Å². The molecule has 0 saturated heterocycles. The van der Waals surface area contributed by atoms with Gasteiger partial charge in [0.05, 0.1) is 12.1 Å². The zero-order valence-corrected chi connectivity index (χ0v) is 11.6. The van der Waals surface area contributed by atoms with E-state index in [1.165, 1.54) is 0 Å². The van der Waals surface area contributed by atoms with Crippen molar-refractivity contribution < 1.29 is 9.90 Å². The number of nitrogens with one attached hydrogen (secondary N) is 1. The van der Waals surface area contributed by atoms with Crippen LogP contribution in [0.25, 0.3) is 11.3 Å². The zero-order chi connectivity index (χ0) is 13.7. The second-order valence-electron chi connectivity index (χ2n) is 3.85. The van der Waals surface area contributed by atoms with E-state index >= 15 is 0 Å². The topological polar surface area (TPSA) is 75.1 Å². The fourth-order valence-electron chi connectivity index (χ4n) is 1.53. The predicted octanol–water partition coefficient (Wildman–Crippen LogP) is 2.79. The van der Waals surface area contributed by atoms with Gasteiger partial charge < -0.3 is 10.4 Å². The van der Waals surface area contributed by atoms with Gasteiger partial charge in [-0.1, -0.05) is 28.1 Å². The lowest BCUT2D eigenvalue weighted by molar-refractivity contribution is -0.136. The summed E-state index contributed by atoms with van der Waals surface area (Å²) in [5.74, 6) is -0.422. The second-order valence-corrected chi connectivity index (χ2v) is 4.76. The van der Waals surface area contributed by atoms with Crippen molar-refractivity contribution in [2.45, 2.75) is 6.42 Å². The van der Waals surface area contributed by atoms with Crippen LogP contribution >= 0.6 is 15.9 Å². The second kappa shape index (κ2) is 6.29. The Labute approximate surface area is 118 Å². The molecule has 0 amide bonds. The van der Waals surface area contributed by atoms with Gasteiger partial charge in [0.2, 0.25) is 5.95 Å². The number of carboxylic acid groups (broad SMARTS) is 1. The van der Waals surface area contributed by atoms with E-state index in [-0.39, 0.29) is 6.42 Å². The SMILES string of the molecule is O=C(O)CCNc1nccc(-c2cccc(Br)c2)n1. The van der Waals surface area contributed by atoms with Crippen LogP contribution < -0.4 is 5.32 Å². The Morgan fingerprint density at radius 2 is 2.21 bits per heavy atom. The molecule has 2 aromatic rings. The first kappa shape index (κ1) is 13.5. The van der Waals surface area contributed by atoms with Gasteiger partial charge in [0.15, 0.2) is 0 Å². The van der Waals surface area contributed by atoms with Crippen LogP contribution in [0.1, 0.15) is 6.42 Å². The average molecular weight is 322 g/mol. The maximum Gasteiger partial charge on any atom is 0.305 e. The summed E-state index contributed by atoms with van der Waals surface area (Å²) in [4.78, 5) is 18.8. The van der Waals surface area contributed by atoms with E-state index in [0.717, 1.165) is 15.7 Å². The molecule has 0 atom stereocenters. The number of nitrogens with zero attached hydrogens (tertiary/aromatic N) is 2. The largest absolute Gasteiger partial charge is 0.481 e. The molecule has 0 fully saturated rings. The van der Waals surface area contributed by atoms with Crippen LogP contribution in [0.15, 0.2) is 41.0 Å². The van der Waals surface area contributed by atoms with Crippen molar-refractivity contribution in [3.8, 4) is 11.3 Å². The monoisotopic (exact) mass is 321 g/mol. The van der Waals surface area contributed by atoms with Crippen LogP contribution in [-0.2, 0) is 4.79 Å². The van der Waals surface area contributed by atoms with Gasteiger partial charge in [-0.2, -0.15) is 0 Å². The van der Waals surface area contributed by atoms with Crippen LogP contribution in [0.5, 0.6) is 0 Å². The molecule has 0 aliphatic rings. The van der Waals surface area contributed by atoms with Gasteiger partial charge in [-0.25, -0.2) is 9.97 Å². The molecule has 0 aliphatic carbocycles. The van der Waals surface area contributed by atoms with Crippen LogP contribution in [0.4, 0.5) is 5.95 Å². The third-order valence-corrected chi connectivity index (χ3v) is 2.89. The number of hydrogen-bond donors (Lipinski definition) is 2. The molecule has 98 valence electrons. The Morgan fingerprint density at radius 3 is 2.95 bits per heavy atom. The molecule has 2 rings (SSSR count). The van der Waals surface area contributed by atoms with Crippen LogP contribution in [0.2, 0.25) is 0 Å². The normalized spacial score (nSPS) is 10.2. The summed E-state index contributed by atoms with van der Waals surface area (Å²) in [5.41, 5.74) is 1.76. The van der Waals surface area contributed by atoms with Gasteiger partial charge in [0, 0.05) is 22.8 Å². The highest BCUT2D eigenvalue weighted by Gasteiger charge is 2.03. The van der Waals surface area contributed by atoms with E-state index in [9.17, 15) is 4.79 Å². The Balaban J connectivity index is 2.13. The summed E-state index contributed by atoms with van der Waals surface area (Å²) in [6.45, 7) is 0.303. The molecule has 19 heavy (non-hydrogen) atoms. The van der Waals surface area contributed by atoms with Crippen molar-refractivity contribution in [1.29, 1.82) is 0 Å². The molecule has 1 heterocycles. The highest BCUT2D eigenvalue weighted by Crippen LogP contribution is 2.21. The Kier molecular flexibility index (Phi) is 4.46. The molecule has 1 aromatic carbocycles. The maximum absolute atomic E-state index is 10.4. The van der Waals surface area contributed by atoms with E-state index in [1.54, 1.807) is 6.20 Å². The fraction of sp³-hybridized carbons (Fsp3) is 0.154. The summed E-state index contributed by atoms with van der Waals surface area (Å²) in [7, 11) is 0. The molecule has 6 heteroatoms. The molecule has 0 aliphatic heterocycles. The number of rotatable bonds is 5. The number of halogens is 1. The molecule has 0 spiro atoms. The Bertz CT molecular complexity index is 590. The van der Waals surface area contributed by atoms with E-state index < -0.39 is 5.97 Å².